The van der Waals surface area contributed by atoms with Crippen LogP contribution in [0.4, 0.5) is 0 Å². The maximum atomic E-state index is 12.0. The van der Waals surface area contributed by atoms with E-state index in [1.807, 2.05) is 11.9 Å². The molecule has 0 aliphatic heterocycles. The van der Waals surface area contributed by atoms with Crippen molar-refractivity contribution < 1.29 is 4.79 Å². The van der Waals surface area contributed by atoms with Crippen LogP contribution in [0.5, 0.6) is 0 Å². The van der Waals surface area contributed by atoms with Crippen molar-refractivity contribution in [2.45, 2.75) is 24.8 Å². The van der Waals surface area contributed by atoms with Crippen molar-refractivity contribution in [1.82, 2.24) is 4.90 Å². The minimum Gasteiger partial charge on any atom is -0.341 e. The number of amides is 1. The van der Waals surface area contributed by atoms with Crippen LogP contribution >= 0.6 is 11.8 Å². The van der Waals surface area contributed by atoms with Crippen molar-refractivity contribution in [3.05, 3.63) is 29.8 Å². The molecular formula is C14H19NOS. The highest BCUT2D eigenvalue weighted by atomic mass is 32.2. The maximum absolute atomic E-state index is 12.0. The lowest BCUT2D eigenvalue weighted by molar-refractivity contribution is -0.132. The average molecular weight is 249 g/mol. The molecule has 1 amide bonds. The normalized spacial score (nSPS) is 22.3. The van der Waals surface area contributed by atoms with Crippen LogP contribution in [0.2, 0.25) is 0 Å². The number of carbonyl (C=O) groups is 1. The van der Waals surface area contributed by atoms with Gasteiger partial charge in [-0.05, 0) is 36.3 Å². The van der Waals surface area contributed by atoms with Crippen molar-refractivity contribution >= 4 is 17.7 Å². The lowest BCUT2D eigenvalue weighted by Gasteiger charge is -2.17. The van der Waals surface area contributed by atoms with Gasteiger partial charge in [0.1, 0.15) is 0 Å². The summed E-state index contributed by atoms with van der Waals surface area (Å²) in [7, 11) is 1.90. The summed E-state index contributed by atoms with van der Waals surface area (Å²) in [6, 6.07) is 8.42. The molecule has 0 radical (unpaired) electrons. The second-order valence-electron chi connectivity index (χ2n) is 4.86. The van der Waals surface area contributed by atoms with Crippen LogP contribution < -0.4 is 0 Å². The summed E-state index contributed by atoms with van der Waals surface area (Å²) in [5, 5.41) is 0. The molecule has 2 unspecified atom stereocenters. The molecule has 92 valence electrons. The first-order chi connectivity index (χ1) is 8.11. The van der Waals surface area contributed by atoms with Gasteiger partial charge in [-0.15, -0.1) is 11.8 Å². The Morgan fingerprint density at radius 2 is 2.00 bits per heavy atom. The number of nitrogens with zero attached hydrogens (tertiary/aromatic N) is 1. The van der Waals surface area contributed by atoms with Crippen LogP contribution in [0.15, 0.2) is 29.2 Å². The van der Waals surface area contributed by atoms with Gasteiger partial charge in [0.25, 0.3) is 0 Å². The minimum atomic E-state index is 0.283. The van der Waals surface area contributed by atoms with Gasteiger partial charge in [0.15, 0.2) is 0 Å². The van der Waals surface area contributed by atoms with Gasteiger partial charge in [-0.2, -0.15) is 0 Å². The number of benzene rings is 1. The van der Waals surface area contributed by atoms with E-state index < -0.39 is 0 Å². The summed E-state index contributed by atoms with van der Waals surface area (Å²) in [6.07, 6.45) is 3.13. The number of carbonyl (C=O) groups excluding carboxylic acids is 1. The Hall–Kier alpha value is -0.960. The van der Waals surface area contributed by atoms with E-state index in [0.717, 1.165) is 13.0 Å². The Bertz CT molecular complexity index is 401. The van der Waals surface area contributed by atoms with E-state index in [0.29, 0.717) is 11.8 Å². The predicted octanol–water partition coefficient (Wildman–Crippen LogP) is 3.02. The van der Waals surface area contributed by atoms with Gasteiger partial charge in [0.05, 0.1) is 0 Å². The molecule has 1 saturated carbocycles. The van der Waals surface area contributed by atoms with E-state index in [4.69, 9.17) is 0 Å². The lowest BCUT2D eigenvalue weighted by atomic mass is 10.2. The highest BCUT2D eigenvalue weighted by Crippen LogP contribution is 2.39. The summed E-state index contributed by atoms with van der Waals surface area (Å²) in [5.74, 6) is 1.17. The van der Waals surface area contributed by atoms with E-state index >= 15 is 0 Å². The zero-order chi connectivity index (χ0) is 12.4. The molecular weight excluding hydrogens is 230 g/mol. The summed E-state index contributed by atoms with van der Waals surface area (Å²) in [4.78, 5) is 15.1. The van der Waals surface area contributed by atoms with Gasteiger partial charge in [0, 0.05) is 24.4 Å². The first kappa shape index (κ1) is 12.5. The molecule has 2 atom stereocenters. The lowest BCUT2D eigenvalue weighted by Crippen LogP contribution is -2.27. The number of thioether (sulfide) groups is 1. The Kier molecular flexibility index (Phi) is 3.77. The molecule has 0 saturated heterocycles. The average Bonchev–Trinajstić information content (AvgIpc) is 3.06. The molecule has 17 heavy (non-hydrogen) atoms. The van der Waals surface area contributed by atoms with Crippen LogP contribution in [-0.4, -0.2) is 24.1 Å². The first-order valence-electron chi connectivity index (χ1n) is 5.99. The third-order valence-electron chi connectivity index (χ3n) is 3.38. The molecule has 1 aliphatic rings. The summed E-state index contributed by atoms with van der Waals surface area (Å²) >= 11 is 1.74. The number of hydrogen-bond donors (Lipinski definition) is 0. The molecule has 0 bridgehead atoms. The van der Waals surface area contributed by atoms with Gasteiger partial charge in [-0.3, -0.25) is 4.79 Å². The van der Waals surface area contributed by atoms with Crippen molar-refractivity contribution in [3.8, 4) is 0 Å². The van der Waals surface area contributed by atoms with Crippen molar-refractivity contribution in [2.24, 2.45) is 11.8 Å². The van der Waals surface area contributed by atoms with E-state index in [1.165, 1.54) is 10.5 Å². The standard InChI is InChI=1S/C14H19NOS/c1-10-8-13(10)14(16)15(2)9-11-4-6-12(17-3)7-5-11/h4-7,10,13H,8-9H2,1-3H3. The molecule has 2 nitrogen and oxygen atoms in total. The van der Waals surface area contributed by atoms with Crippen LogP contribution in [0.3, 0.4) is 0 Å². The zero-order valence-corrected chi connectivity index (χ0v) is 11.5. The third kappa shape index (κ3) is 3.03. The summed E-state index contributed by atoms with van der Waals surface area (Å²) in [6.45, 7) is 2.86. The SMILES string of the molecule is CSc1ccc(CN(C)C(=O)C2CC2C)cc1. The van der Waals surface area contributed by atoms with Crippen molar-refractivity contribution in [3.63, 3.8) is 0 Å². The third-order valence-corrected chi connectivity index (χ3v) is 4.13. The fourth-order valence-electron chi connectivity index (χ4n) is 2.03. The van der Waals surface area contributed by atoms with Crippen LogP contribution in [0, 0.1) is 11.8 Å². The van der Waals surface area contributed by atoms with Gasteiger partial charge < -0.3 is 4.90 Å². The summed E-state index contributed by atoms with van der Waals surface area (Å²) in [5.41, 5.74) is 1.20. The van der Waals surface area contributed by atoms with Gasteiger partial charge in [0.2, 0.25) is 5.91 Å². The Morgan fingerprint density at radius 3 is 2.47 bits per heavy atom. The quantitative estimate of drug-likeness (QED) is 0.765. The minimum absolute atomic E-state index is 0.283. The zero-order valence-electron chi connectivity index (χ0n) is 10.6. The Labute approximate surface area is 107 Å². The molecule has 1 fully saturated rings. The van der Waals surface area contributed by atoms with E-state index in [2.05, 4.69) is 37.4 Å². The molecule has 2 rings (SSSR count). The number of rotatable bonds is 4. The van der Waals surface area contributed by atoms with Gasteiger partial charge >= 0.3 is 0 Å². The monoisotopic (exact) mass is 249 g/mol. The van der Waals surface area contributed by atoms with Crippen LogP contribution in [0.1, 0.15) is 18.9 Å². The van der Waals surface area contributed by atoms with Crippen molar-refractivity contribution in [1.29, 1.82) is 0 Å². The molecule has 1 aromatic carbocycles. The van der Waals surface area contributed by atoms with E-state index in [-0.39, 0.29) is 5.92 Å². The maximum Gasteiger partial charge on any atom is 0.226 e. The van der Waals surface area contributed by atoms with Crippen LogP contribution in [0.25, 0.3) is 0 Å². The molecule has 0 heterocycles. The van der Waals surface area contributed by atoms with Gasteiger partial charge in [-0.25, -0.2) is 0 Å². The molecule has 0 aromatic heterocycles. The number of hydrogen-bond acceptors (Lipinski definition) is 2. The predicted molar refractivity (Wildman–Crippen MR) is 72.0 cm³/mol. The highest BCUT2D eigenvalue weighted by molar-refractivity contribution is 7.98. The Morgan fingerprint density at radius 1 is 1.41 bits per heavy atom. The Balaban J connectivity index is 1.93. The molecule has 0 N–H and O–H groups in total. The van der Waals surface area contributed by atoms with Crippen LogP contribution in [-0.2, 0) is 11.3 Å². The highest BCUT2D eigenvalue weighted by Gasteiger charge is 2.40. The van der Waals surface area contributed by atoms with E-state index in [9.17, 15) is 4.79 Å². The molecule has 3 heteroatoms. The fraction of sp³-hybridized carbons (Fsp3) is 0.500. The molecule has 0 spiro atoms. The van der Waals surface area contributed by atoms with E-state index in [1.54, 1.807) is 11.8 Å². The van der Waals surface area contributed by atoms with Crippen molar-refractivity contribution in [2.75, 3.05) is 13.3 Å². The molecule has 1 aromatic rings. The fourth-order valence-corrected chi connectivity index (χ4v) is 2.44. The second-order valence-corrected chi connectivity index (χ2v) is 5.74. The smallest absolute Gasteiger partial charge is 0.226 e. The van der Waals surface area contributed by atoms with Gasteiger partial charge in [-0.1, -0.05) is 19.1 Å². The summed E-state index contributed by atoms with van der Waals surface area (Å²) < 4.78 is 0. The second kappa shape index (κ2) is 5.13. The largest absolute Gasteiger partial charge is 0.341 e. The topological polar surface area (TPSA) is 20.3 Å². The first-order valence-corrected chi connectivity index (χ1v) is 7.22. The molecule has 1 aliphatic carbocycles.